The van der Waals surface area contributed by atoms with Crippen LogP contribution in [0.5, 0.6) is 11.5 Å². The maximum absolute atomic E-state index is 5.26. The minimum Gasteiger partial charge on any atom is -0.493 e. The monoisotopic (exact) mass is 249 g/mol. The summed E-state index contributed by atoms with van der Waals surface area (Å²) in [5, 5.41) is 3.26. The van der Waals surface area contributed by atoms with Crippen LogP contribution in [0.15, 0.2) is 12.1 Å². The number of benzene rings is 1. The molecule has 0 bridgehead atoms. The van der Waals surface area contributed by atoms with E-state index in [2.05, 4.69) is 22.2 Å². The van der Waals surface area contributed by atoms with Crippen LogP contribution in [0.4, 0.5) is 5.95 Å². The van der Waals surface area contributed by atoms with Crippen LogP contribution in [0.1, 0.15) is 19.8 Å². The van der Waals surface area contributed by atoms with Gasteiger partial charge in [0.15, 0.2) is 11.5 Å². The number of imidazole rings is 1. The van der Waals surface area contributed by atoms with E-state index in [1.165, 1.54) is 0 Å². The minimum atomic E-state index is 0.691. The number of hydrogen-bond acceptors (Lipinski definition) is 4. The summed E-state index contributed by atoms with van der Waals surface area (Å²) < 4.78 is 10.5. The Hall–Kier alpha value is -1.91. The summed E-state index contributed by atoms with van der Waals surface area (Å²) in [5.74, 6) is 2.18. The Morgan fingerprint density at radius 3 is 2.61 bits per heavy atom. The summed E-state index contributed by atoms with van der Waals surface area (Å²) in [5.41, 5.74) is 1.80. The van der Waals surface area contributed by atoms with Gasteiger partial charge in [-0.15, -0.1) is 0 Å². The maximum Gasteiger partial charge on any atom is 0.201 e. The zero-order chi connectivity index (χ0) is 13.0. The summed E-state index contributed by atoms with van der Waals surface area (Å²) in [6, 6.07) is 3.77. The predicted molar refractivity (Wildman–Crippen MR) is 72.6 cm³/mol. The van der Waals surface area contributed by atoms with Gasteiger partial charge in [-0.25, -0.2) is 4.98 Å². The van der Waals surface area contributed by atoms with Crippen molar-refractivity contribution in [3.63, 3.8) is 0 Å². The van der Waals surface area contributed by atoms with E-state index in [-0.39, 0.29) is 0 Å². The fourth-order valence-electron chi connectivity index (χ4n) is 1.80. The molecule has 2 rings (SSSR count). The molecule has 0 radical (unpaired) electrons. The Labute approximate surface area is 107 Å². The van der Waals surface area contributed by atoms with Crippen molar-refractivity contribution in [3.8, 4) is 11.5 Å². The highest BCUT2D eigenvalue weighted by molar-refractivity contribution is 5.81. The summed E-state index contributed by atoms with van der Waals surface area (Å²) in [6.45, 7) is 3.08. The number of H-pyrrole nitrogens is 1. The zero-order valence-corrected chi connectivity index (χ0v) is 11.0. The topological polar surface area (TPSA) is 59.2 Å². The lowest BCUT2D eigenvalue weighted by atomic mass is 10.3. The highest BCUT2D eigenvalue weighted by Gasteiger charge is 2.09. The first-order chi connectivity index (χ1) is 8.78. The molecular weight excluding hydrogens is 230 g/mol. The summed E-state index contributed by atoms with van der Waals surface area (Å²) in [6.07, 6.45) is 2.29. The number of nitrogens with one attached hydrogen (secondary N) is 2. The van der Waals surface area contributed by atoms with Gasteiger partial charge < -0.3 is 19.8 Å². The largest absolute Gasteiger partial charge is 0.493 e. The van der Waals surface area contributed by atoms with Gasteiger partial charge in [-0.3, -0.25) is 0 Å². The second kappa shape index (κ2) is 5.62. The lowest BCUT2D eigenvalue weighted by molar-refractivity contribution is 0.356. The lowest BCUT2D eigenvalue weighted by Crippen LogP contribution is -2.01. The molecule has 2 aromatic rings. The number of anilines is 1. The molecule has 0 aliphatic rings. The van der Waals surface area contributed by atoms with Gasteiger partial charge >= 0.3 is 0 Å². The highest BCUT2D eigenvalue weighted by Crippen LogP contribution is 2.31. The highest BCUT2D eigenvalue weighted by atomic mass is 16.5. The third kappa shape index (κ3) is 2.50. The van der Waals surface area contributed by atoms with Crippen LogP contribution in [0, 0.1) is 0 Å². The van der Waals surface area contributed by atoms with Crippen molar-refractivity contribution in [2.45, 2.75) is 19.8 Å². The first kappa shape index (κ1) is 12.5. The molecule has 0 aliphatic heterocycles. The summed E-state index contributed by atoms with van der Waals surface area (Å²) in [4.78, 5) is 7.69. The Bertz CT molecular complexity index is 481. The second-order valence-electron chi connectivity index (χ2n) is 4.09. The molecule has 18 heavy (non-hydrogen) atoms. The third-order valence-electron chi connectivity index (χ3n) is 2.81. The van der Waals surface area contributed by atoms with E-state index >= 15 is 0 Å². The average Bonchev–Trinajstić information content (AvgIpc) is 2.78. The molecule has 0 fully saturated rings. The minimum absolute atomic E-state index is 0.691. The molecule has 0 saturated carbocycles. The van der Waals surface area contributed by atoms with Crippen molar-refractivity contribution < 1.29 is 9.47 Å². The summed E-state index contributed by atoms with van der Waals surface area (Å²) >= 11 is 0. The first-order valence-electron chi connectivity index (χ1n) is 6.14. The zero-order valence-electron chi connectivity index (χ0n) is 11.0. The van der Waals surface area contributed by atoms with Crippen LogP contribution in [0.2, 0.25) is 0 Å². The molecule has 0 saturated heterocycles. The van der Waals surface area contributed by atoms with E-state index in [9.17, 15) is 0 Å². The predicted octanol–water partition coefficient (Wildman–Crippen LogP) is 2.79. The van der Waals surface area contributed by atoms with Crippen molar-refractivity contribution in [1.29, 1.82) is 0 Å². The SMILES string of the molecule is CCCCNc1nc2cc(OC)c(OC)cc2[nH]1. The molecule has 5 heteroatoms. The van der Waals surface area contributed by atoms with Crippen LogP contribution < -0.4 is 14.8 Å². The van der Waals surface area contributed by atoms with Crippen LogP contribution in [-0.2, 0) is 0 Å². The molecule has 5 nitrogen and oxygen atoms in total. The van der Waals surface area contributed by atoms with Gasteiger partial charge in [0.1, 0.15) is 0 Å². The molecule has 0 aliphatic carbocycles. The molecule has 0 atom stereocenters. The number of hydrogen-bond donors (Lipinski definition) is 2. The Morgan fingerprint density at radius 2 is 1.94 bits per heavy atom. The van der Waals surface area contributed by atoms with Crippen molar-refractivity contribution in [2.75, 3.05) is 26.1 Å². The van der Waals surface area contributed by atoms with Gasteiger partial charge in [-0.05, 0) is 6.42 Å². The number of ether oxygens (including phenoxy) is 2. The molecule has 98 valence electrons. The van der Waals surface area contributed by atoms with Crippen molar-refractivity contribution in [2.24, 2.45) is 0 Å². The molecule has 0 spiro atoms. The van der Waals surface area contributed by atoms with Crippen molar-refractivity contribution in [3.05, 3.63) is 12.1 Å². The van der Waals surface area contributed by atoms with Crippen LogP contribution in [-0.4, -0.2) is 30.7 Å². The van der Waals surface area contributed by atoms with Crippen LogP contribution in [0.25, 0.3) is 11.0 Å². The standard InChI is InChI=1S/C13H19N3O2/c1-4-5-6-14-13-15-9-7-11(17-2)12(18-3)8-10(9)16-13/h7-8H,4-6H2,1-3H3,(H2,14,15,16). The molecule has 0 unspecified atom stereocenters. The van der Waals surface area contributed by atoms with E-state index in [0.29, 0.717) is 11.5 Å². The molecular formula is C13H19N3O2. The van der Waals surface area contributed by atoms with Crippen LogP contribution in [0.3, 0.4) is 0 Å². The molecule has 2 N–H and O–H groups in total. The number of nitrogens with zero attached hydrogens (tertiary/aromatic N) is 1. The fraction of sp³-hybridized carbons (Fsp3) is 0.462. The third-order valence-corrected chi connectivity index (χ3v) is 2.81. The number of aromatic amines is 1. The second-order valence-corrected chi connectivity index (χ2v) is 4.09. The number of fused-ring (bicyclic) bond motifs is 1. The van der Waals surface area contributed by atoms with E-state index in [1.807, 2.05) is 12.1 Å². The van der Waals surface area contributed by atoms with E-state index in [4.69, 9.17) is 9.47 Å². The first-order valence-corrected chi connectivity index (χ1v) is 6.14. The molecule has 1 aromatic carbocycles. The van der Waals surface area contributed by atoms with E-state index in [0.717, 1.165) is 36.4 Å². The molecule has 1 heterocycles. The van der Waals surface area contributed by atoms with E-state index in [1.54, 1.807) is 14.2 Å². The number of methoxy groups -OCH3 is 2. The maximum atomic E-state index is 5.26. The van der Waals surface area contributed by atoms with Gasteiger partial charge in [0.25, 0.3) is 0 Å². The normalized spacial score (nSPS) is 10.6. The Balaban J connectivity index is 2.27. The van der Waals surface area contributed by atoms with Crippen molar-refractivity contribution >= 4 is 17.0 Å². The molecule has 0 amide bonds. The van der Waals surface area contributed by atoms with Gasteiger partial charge in [0, 0.05) is 18.7 Å². The van der Waals surface area contributed by atoms with Crippen LogP contribution >= 0.6 is 0 Å². The Kier molecular flexibility index (Phi) is 3.92. The van der Waals surface area contributed by atoms with E-state index < -0.39 is 0 Å². The smallest absolute Gasteiger partial charge is 0.201 e. The van der Waals surface area contributed by atoms with Gasteiger partial charge in [0.2, 0.25) is 5.95 Å². The fourth-order valence-corrected chi connectivity index (χ4v) is 1.80. The number of unbranched alkanes of at least 4 members (excludes halogenated alkanes) is 1. The Morgan fingerprint density at radius 1 is 1.22 bits per heavy atom. The van der Waals surface area contributed by atoms with Crippen molar-refractivity contribution in [1.82, 2.24) is 9.97 Å². The number of rotatable bonds is 6. The van der Waals surface area contributed by atoms with Gasteiger partial charge in [0.05, 0.1) is 25.3 Å². The number of aromatic nitrogens is 2. The quantitative estimate of drug-likeness (QED) is 0.773. The average molecular weight is 249 g/mol. The van der Waals surface area contributed by atoms with Gasteiger partial charge in [-0.2, -0.15) is 0 Å². The summed E-state index contributed by atoms with van der Waals surface area (Å²) in [7, 11) is 3.25. The molecule has 1 aromatic heterocycles. The lowest BCUT2D eigenvalue weighted by Gasteiger charge is -2.06. The van der Waals surface area contributed by atoms with Gasteiger partial charge in [-0.1, -0.05) is 13.3 Å².